The van der Waals surface area contributed by atoms with E-state index in [9.17, 15) is 0 Å². The quantitative estimate of drug-likeness (QED) is 0.146. The second-order valence-corrected chi connectivity index (χ2v) is 45.6. The zero-order chi connectivity index (χ0) is 41.4. The van der Waals surface area contributed by atoms with Crippen molar-refractivity contribution in [3.8, 4) is 22.3 Å². The molecule has 2 aliphatic rings. The van der Waals surface area contributed by atoms with E-state index in [4.69, 9.17) is 0 Å². The molecule has 0 radical (unpaired) electrons. The van der Waals surface area contributed by atoms with Crippen LogP contribution in [-0.2, 0) is 28.8 Å². The summed E-state index contributed by atoms with van der Waals surface area (Å²) in [4.78, 5) is 0. The molecule has 1 heteroatoms. The minimum absolute atomic E-state index is 0.107. The van der Waals surface area contributed by atoms with Crippen LogP contribution in [0.3, 0.4) is 0 Å². The fourth-order valence-electron chi connectivity index (χ4n) is 10.6. The van der Waals surface area contributed by atoms with Gasteiger partial charge in [0.2, 0.25) is 0 Å². The average Bonchev–Trinajstić information content (AvgIpc) is 3.83. The maximum atomic E-state index is 2.80. The molecule has 0 bridgehead atoms. The van der Waals surface area contributed by atoms with Crippen molar-refractivity contribution < 1.29 is 18.0 Å². The van der Waals surface area contributed by atoms with Gasteiger partial charge in [-0.25, -0.2) is 0 Å². The summed E-state index contributed by atoms with van der Waals surface area (Å²) in [5, 5.41) is 0. The number of aryl methyl sites for hydroxylation is 4. The fraction of sp³-hybridized carbons (Fsp3) is 0.281. The van der Waals surface area contributed by atoms with Crippen LogP contribution >= 0.6 is 0 Å². The van der Waals surface area contributed by atoms with Crippen LogP contribution in [0, 0.1) is 27.7 Å². The predicted octanol–water partition coefficient (Wildman–Crippen LogP) is 15.7. The molecule has 0 nitrogen and oxygen atoms in total. The first-order valence-corrected chi connectivity index (χ1v) is 34.6. The van der Waals surface area contributed by atoms with Crippen molar-refractivity contribution in [2.75, 3.05) is 0 Å². The summed E-state index contributed by atoms with van der Waals surface area (Å²) in [5.41, 5.74) is 22.1. The molecular formula is C57H62Hf. The van der Waals surface area contributed by atoms with Gasteiger partial charge in [-0.2, -0.15) is 0 Å². The number of allylic oxidation sites excluding steroid dienone is 2. The Morgan fingerprint density at radius 3 is 1.17 bits per heavy atom. The number of hydrogen-bond acceptors (Lipinski definition) is 0. The molecule has 6 aromatic carbocycles. The summed E-state index contributed by atoms with van der Waals surface area (Å²) in [7, 11) is 0. The average molecular weight is 926 g/mol. The van der Waals surface area contributed by atoms with Gasteiger partial charge in [-0.1, -0.05) is 0 Å². The van der Waals surface area contributed by atoms with E-state index in [1.165, 1.54) is 89.0 Å². The molecule has 6 aromatic rings. The topological polar surface area (TPSA) is 0 Å². The molecule has 0 saturated heterocycles. The first-order valence-electron chi connectivity index (χ1n) is 21.4. The maximum absolute atomic E-state index is 4.72. The zero-order valence-corrected chi connectivity index (χ0v) is 40.6. The van der Waals surface area contributed by atoms with Gasteiger partial charge in [0.1, 0.15) is 0 Å². The van der Waals surface area contributed by atoms with E-state index in [2.05, 4.69) is 224 Å². The molecule has 0 heterocycles. The summed E-state index contributed by atoms with van der Waals surface area (Å²) in [6, 6.07) is 47.5. The normalized spacial score (nSPS) is 16.4. The van der Waals surface area contributed by atoms with E-state index in [1.54, 1.807) is 3.26 Å². The molecule has 0 aliphatic heterocycles. The minimum atomic E-state index is -4.72. The third-order valence-corrected chi connectivity index (χ3v) is 39.1. The van der Waals surface area contributed by atoms with Crippen LogP contribution in [0.4, 0.5) is 0 Å². The first-order chi connectivity index (χ1) is 27.4. The summed E-state index contributed by atoms with van der Waals surface area (Å²) in [5.74, 6) is 0. The summed E-state index contributed by atoms with van der Waals surface area (Å²) < 4.78 is 7.76. The van der Waals surface area contributed by atoms with Crippen LogP contribution in [-0.4, -0.2) is 3.26 Å². The molecule has 8 rings (SSSR count). The number of hydrogen-bond donors (Lipinski definition) is 0. The molecular weight excluding hydrogens is 863 g/mol. The van der Waals surface area contributed by atoms with Gasteiger partial charge in [-0.05, 0) is 0 Å². The Kier molecular flexibility index (Phi) is 9.99. The number of fused-ring (bicyclic) bond motifs is 2. The molecule has 0 saturated carbocycles. The van der Waals surface area contributed by atoms with Crippen LogP contribution in [0.2, 0.25) is 9.36 Å². The third-order valence-electron chi connectivity index (χ3n) is 14.0. The van der Waals surface area contributed by atoms with E-state index in [1.807, 2.05) is 0 Å². The molecule has 0 amide bonds. The Hall–Kier alpha value is -4.46. The Morgan fingerprint density at radius 2 is 0.828 bits per heavy atom. The van der Waals surface area contributed by atoms with Crippen molar-refractivity contribution >= 4 is 15.4 Å². The summed E-state index contributed by atoms with van der Waals surface area (Å²) in [6.07, 6.45) is 10.3. The van der Waals surface area contributed by atoms with Crippen molar-refractivity contribution in [2.24, 2.45) is 0 Å². The standard InChI is InChI=1S/2C20H21.C15H14.2CH3.Hf/c2*1-14-13-16(20(2,3)4)11-12-17(14)19-10-6-8-15-7-5-9-18(15)19;1-12-3-7-14(8-4-12)11-15-9-5-13(2)6-10-15;;;/h2*5-13H,1-4H3;3-10H,1-2H3;2*1H3;. The van der Waals surface area contributed by atoms with Gasteiger partial charge < -0.3 is 0 Å². The van der Waals surface area contributed by atoms with Crippen molar-refractivity contribution in [1.82, 2.24) is 0 Å². The molecule has 294 valence electrons. The molecule has 0 N–H and O–H groups in total. The van der Waals surface area contributed by atoms with Crippen molar-refractivity contribution in [3.05, 3.63) is 200 Å². The van der Waals surface area contributed by atoms with E-state index >= 15 is 0 Å². The van der Waals surface area contributed by atoms with Gasteiger partial charge >= 0.3 is 353 Å². The van der Waals surface area contributed by atoms with E-state index in [0.29, 0.717) is 0 Å². The van der Waals surface area contributed by atoms with Crippen LogP contribution in [0.1, 0.15) is 116 Å². The Morgan fingerprint density at radius 1 is 0.448 bits per heavy atom. The SMILES string of the molecule is Cc1ccc([C](c2ccc(C)cc2)=[Hf]([CH3])([CH3])([CH]2C=Cc3c(-c4ccc(C(C)(C)C)cc4C)cccc32)[CH]2C=Cc3c(-c4ccc(C(C)(C)C)cc4C)cccc32)cc1. The monoisotopic (exact) mass is 926 g/mol. The number of rotatable bonds is 6. The Bertz CT molecular complexity index is 2530. The van der Waals surface area contributed by atoms with Crippen molar-refractivity contribution in [3.63, 3.8) is 0 Å². The Labute approximate surface area is 350 Å². The van der Waals surface area contributed by atoms with Crippen molar-refractivity contribution in [2.45, 2.75) is 96.8 Å². The Balaban J connectivity index is 1.41. The van der Waals surface area contributed by atoms with E-state index in [0.717, 1.165) is 0 Å². The van der Waals surface area contributed by atoms with Gasteiger partial charge in [-0.3, -0.25) is 0 Å². The second kappa shape index (κ2) is 14.4. The third kappa shape index (κ3) is 6.76. The number of benzene rings is 6. The summed E-state index contributed by atoms with van der Waals surface area (Å²) >= 11 is -4.72. The van der Waals surface area contributed by atoms with Crippen LogP contribution in [0.25, 0.3) is 34.4 Å². The summed E-state index contributed by atoms with van der Waals surface area (Å²) in [6.45, 7) is 22.9. The second-order valence-electron chi connectivity index (χ2n) is 20.6. The molecule has 2 aliphatic carbocycles. The van der Waals surface area contributed by atoms with E-state index < -0.39 is 18.0 Å². The van der Waals surface area contributed by atoms with Gasteiger partial charge in [0.25, 0.3) is 0 Å². The van der Waals surface area contributed by atoms with Gasteiger partial charge in [-0.15, -0.1) is 0 Å². The van der Waals surface area contributed by atoms with Crippen LogP contribution in [0.15, 0.2) is 133 Å². The van der Waals surface area contributed by atoms with Crippen LogP contribution in [0.5, 0.6) is 0 Å². The molecule has 0 spiro atoms. The predicted molar refractivity (Wildman–Crippen MR) is 251 cm³/mol. The molecule has 2 atom stereocenters. The van der Waals surface area contributed by atoms with E-state index in [-0.39, 0.29) is 18.2 Å². The van der Waals surface area contributed by atoms with Gasteiger partial charge in [0, 0.05) is 0 Å². The molecule has 0 aromatic heterocycles. The molecule has 2 unspecified atom stereocenters. The zero-order valence-electron chi connectivity index (χ0n) is 37.0. The molecule has 58 heavy (non-hydrogen) atoms. The first kappa shape index (κ1) is 40.3. The molecule has 0 fully saturated rings. The fourth-order valence-corrected chi connectivity index (χ4v) is 35.6. The van der Waals surface area contributed by atoms with Crippen molar-refractivity contribution in [1.29, 1.82) is 0 Å². The van der Waals surface area contributed by atoms with Crippen LogP contribution < -0.4 is 0 Å². The van der Waals surface area contributed by atoms with Gasteiger partial charge in [0.05, 0.1) is 0 Å². The van der Waals surface area contributed by atoms with Gasteiger partial charge in [0.15, 0.2) is 0 Å².